The van der Waals surface area contributed by atoms with E-state index in [1.807, 2.05) is 18.2 Å². The second-order valence-electron chi connectivity index (χ2n) is 12.8. The summed E-state index contributed by atoms with van der Waals surface area (Å²) in [5, 5.41) is 2.69. The van der Waals surface area contributed by atoms with Gasteiger partial charge in [-0.15, -0.1) is 0 Å². The molecule has 0 saturated heterocycles. The van der Waals surface area contributed by atoms with Crippen LogP contribution in [0.25, 0.3) is 11.0 Å². The number of likely N-dealkylation sites (N-methyl/N-ethyl adjacent to an activating group) is 1. The summed E-state index contributed by atoms with van der Waals surface area (Å²) in [4.78, 5) is 57.2. The van der Waals surface area contributed by atoms with Crippen molar-refractivity contribution < 1.29 is 19.1 Å². The number of rotatable bonds is 9. The molecule has 3 aromatic rings. The summed E-state index contributed by atoms with van der Waals surface area (Å²) < 4.78 is 8.55. The number of benzene rings is 1. The molecule has 2 aromatic heterocycles. The van der Waals surface area contributed by atoms with Crippen LogP contribution in [-0.4, -0.2) is 56.6 Å². The first-order chi connectivity index (χ1) is 19.6. The van der Waals surface area contributed by atoms with Crippen LogP contribution in [0.3, 0.4) is 0 Å². The maximum absolute atomic E-state index is 13.4. The van der Waals surface area contributed by atoms with E-state index < -0.39 is 17.3 Å². The Hall–Kier alpha value is -4.21. The van der Waals surface area contributed by atoms with Crippen LogP contribution in [0.15, 0.2) is 53.5 Å². The van der Waals surface area contributed by atoms with Crippen molar-refractivity contribution >= 4 is 34.6 Å². The van der Waals surface area contributed by atoms with E-state index in [0.29, 0.717) is 29.7 Å². The van der Waals surface area contributed by atoms with Gasteiger partial charge in [-0.3, -0.25) is 14.4 Å². The lowest BCUT2D eigenvalue weighted by Gasteiger charge is -2.21. The lowest BCUT2D eigenvalue weighted by molar-refractivity contribution is -0.123. The number of nitrogens with zero attached hydrogens (tertiary/aromatic N) is 4. The molecule has 0 atom stereocenters. The maximum atomic E-state index is 13.4. The van der Waals surface area contributed by atoms with Gasteiger partial charge in [0.2, 0.25) is 11.8 Å². The van der Waals surface area contributed by atoms with Crippen molar-refractivity contribution in [1.29, 1.82) is 0 Å². The van der Waals surface area contributed by atoms with Crippen LogP contribution < -0.4 is 10.9 Å². The van der Waals surface area contributed by atoms with E-state index in [9.17, 15) is 19.2 Å². The molecule has 3 rings (SSSR count). The Kier molecular flexibility index (Phi) is 10.1. The maximum Gasteiger partial charge on any atom is 0.420 e. The second-order valence-corrected chi connectivity index (χ2v) is 12.8. The van der Waals surface area contributed by atoms with E-state index in [1.54, 1.807) is 59.3 Å². The van der Waals surface area contributed by atoms with Crippen molar-refractivity contribution in [1.82, 2.24) is 19.0 Å². The van der Waals surface area contributed by atoms with E-state index in [-0.39, 0.29) is 35.9 Å². The molecule has 1 N–H and O–H groups in total. The molecule has 0 saturated carbocycles. The summed E-state index contributed by atoms with van der Waals surface area (Å²) in [6.45, 7) is 11.8. The number of unbranched alkanes of at least 4 members (excludes halogenated alkanes) is 1. The van der Waals surface area contributed by atoms with Crippen molar-refractivity contribution in [3.63, 3.8) is 0 Å². The topological polar surface area (TPSA) is 116 Å². The quantitative estimate of drug-likeness (QED) is 0.270. The van der Waals surface area contributed by atoms with Gasteiger partial charge in [-0.1, -0.05) is 39.0 Å². The second kappa shape index (κ2) is 13.2. The number of aromatic nitrogens is 3. The smallest absolute Gasteiger partial charge is 0.420 e. The first kappa shape index (κ1) is 32.3. The normalized spacial score (nSPS) is 12.1. The Balaban J connectivity index is 1.87. The molecule has 42 heavy (non-hydrogen) atoms. The molecule has 2 heterocycles. The molecule has 10 heteroatoms. The van der Waals surface area contributed by atoms with Gasteiger partial charge < -0.3 is 19.5 Å². The van der Waals surface area contributed by atoms with E-state index in [1.165, 1.54) is 20.1 Å². The fourth-order valence-electron chi connectivity index (χ4n) is 4.37. The highest BCUT2D eigenvalue weighted by Gasteiger charge is 2.25. The van der Waals surface area contributed by atoms with Gasteiger partial charge in [0, 0.05) is 26.7 Å². The van der Waals surface area contributed by atoms with Crippen LogP contribution in [0.4, 0.5) is 10.5 Å². The van der Waals surface area contributed by atoms with E-state index in [4.69, 9.17) is 9.72 Å². The fourth-order valence-corrected chi connectivity index (χ4v) is 4.37. The van der Waals surface area contributed by atoms with Crippen molar-refractivity contribution in [2.45, 2.75) is 79.4 Å². The molecule has 0 aliphatic rings. The number of carbonyl (C=O) groups excluding carboxylic acids is 3. The predicted molar refractivity (Wildman–Crippen MR) is 165 cm³/mol. The minimum absolute atomic E-state index is 0.00385. The zero-order valence-electron chi connectivity index (χ0n) is 26.0. The van der Waals surface area contributed by atoms with Gasteiger partial charge in [-0.05, 0) is 75.3 Å². The fraction of sp³-hybridized carbons (Fsp3) is 0.469. The number of amides is 2. The summed E-state index contributed by atoms with van der Waals surface area (Å²) in [5.74, 6) is -0.0647. The molecule has 0 aliphatic heterocycles. The highest BCUT2D eigenvalue weighted by atomic mass is 16.6. The first-order valence-electron chi connectivity index (χ1n) is 14.2. The highest BCUT2D eigenvalue weighted by Crippen LogP contribution is 2.28. The number of nitrogens with one attached hydrogen (secondary N) is 1. The van der Waals surface area contributed by atoms with Gasteiger partial charge in [0.1, 0.15) is 17.1 Å². The molecule has 1 aromatic carbocycles. The van der Waals surface area contributed by atoms with Crippen LogP contribution in [0, 0.1) is 5.41 Å². The number of anilines is 1. The Morgan fingerprint density at radius 3 is 2.40 bits per heavy atom. The molecule has 10 nitrogen and oxygen atoms in total. The van der Waals surface area contributed by atoms with Crippen LogP contribution in [0.2, 0.25) is 0 Å². The highest BCUT2D eigenvalue weighted by molar-refractivity contribution is 5.91. The summed E-state index contributed by atoms with van der Waals surface area (Å²) in [7, 11) is 3.34. The lowest BCUT2D eigenvalue weighted by atomic mass is 9.88. The van der Waals surface area contributed by atoms with Crippen LogP contribution in [0.5, 0.6) is 0 Å². The van der Waals surface area contributed by atoms with Crippen molar-refractivity contribution in [2.75, 3.05) is 19.4 Å². The zero-order chi connectivity index (χ0) is 31.2. The third-order valence-corrected chi connectivity index (χ3v) is 6.22. The molecular formula is C32H43N5O5. The van der Waals surface area contributed by atoms with Crippen LogP contribution in [0.1, 0.15) is 72.2 Å². The van der Waals surface area contributed by atoms with Gasteiger partial charge >= 0.3 is 6.09 Å². The summed E-state index contributed by atoms with van der Waals surface area (Å²) in [6, 6.07) is 8.94. The van der Waals surface area contributed by atoms with Crippen molar-refractivity contribution in [3.8, 4) is 0 Å². The molecule has 0 spiro atoms. The van der Waals surface area contributed by atoms with E-state index >= 15 is 0 Å². The standard InChI is InChI=1S/C32H43N5O5/c1-31(2,3)20-22-14-12-16-24-28(22)34-25(37(24)30(41)42-32(4,5)6)21-36-19-13-15-23(29(36)40)33-26(38)17-10-9-11-18-27(39)35(7)8/h11-16,18-19H,9-10,17,20-21H2,1-8H3,(H,33,38)/b18-11+. The molecule has 0 fully saturated rings. The molecule has 0 unspecified atom stereocenters. The molecule has 2 amide bonds. The average Bonchev–Trinajstić information content (AvgIpc) is 3.23. The Bertz CT molecular complexity index is 1530. The van der Waals surface area contributed by atoms with Gasteiger partial charge in [0.15, 0.2) is 0 Å². The third kappa shape index (κ3) is 8.89. The Morgan fingerprint density at radius 1 is 1.05 bits per heavy atom. The summed E-state index contributed by atoms with van der Waals surface area (Å²) in [5.41, 5.74) is 1.28. The molecule has 0 aliphatic carbocycles. The Morgan fingerprint density at radius 2 is 1.76 bits per heavy atom. The number of hydrogen-bond donors (Lipinski definition) is 1. The zero-order valence-corrected chi connectivity index (χ0v) is 26.0. The monoisotopic (exact) mass is 577 g/mol. The number of fused-ring (bicyclic) bond motifs is 1. The molecular weight excluding hydrogens is 534 g/mol. The van der Waals surface area contributed by atoms with Gasteiger partial charge in [-0.2, -0.15) is 0 Å². The number of imidazole rings is 1. The van der Waals surface area contributed by atoms with Crippen LogP contribution in [-0.2, 0) is 27.3 Å². The minimum atomic E-state index is -0.729. The van der Waals surface area contributed by atoms with E-state index in [2.05, 4.69) is 26.1 Å². The predicted octanol–water partition coefficient (Wildman–Crippen LogP) is 5.37. The van der Waals surface area contributed by atoms with Gasteiger partial charge in [-0.25, -0.2) is 14.3 Å². The number of hydrogen-bond acceptors (Lipinski definition) is 6. The molecule has 226 valence electrons. The number of carbonyl (C=O) groups is 3. The number of pyridine rings is 1. The lowest BCUT2D eigenvalue weighted by Crippen LogP contribution is -2.30. The van der Waals surface area contributed by atoms with Crippen LogP contribution >= 0.6 is 0 Å². The van der Waals surface area contributed by atoms with Gasteiger partial charge in [0.25, 0.3) is 5.56 Å². The largest absolute Gasteiger partial charge is 0.443 e. The third-order valence-electron chi connectivity index (χ3n) is 6.22. The average molecular weight is 578 g/mol. The first-order valence-corrected chi connectivity index (χ1v) is 14.2. The van der Waals surface area contributed by atoms with E-state index in [0.717, 1.165) is 12.0 Å². The SMILES string of the molecule is CN(C)C(=O)/C=C/CCCC(=O)Nc1cccn(Cc2nc3c(CC(C)(C)C)cccc3n2C(=O)OC(C)(C)C)c1=O. The number of ether oxygens (including phenoxy) is 1. The summed E-state index contributed by atoms with van der Waals surface area (Å²) in [6.07, 6.45) is 6.26. The number of para-hydroxylation sites is 1. The number of allylic oxidation sites excluding steroid dienone is 1. The molecule has 0 radical (unpaired) electrons. The van der Waals surface area contributed by atoms with Gasteiger partial charge in [0.05, 0.1) is 17.6 Å². The van der Waals surface area contributed by atoms with Crippen molar-refractivity contribution in [2.24, 2.45) is 5.41 Å². The minimum Gasteiger partial charge on any atom is -0.443 e. The van der Waals surface area contributed by atoms with Crippen molar-refractivity contribution in [3.05, 3.63) is 70.4 Å². The molecule has 0 bridgehead atoms. The Labute approximate surface area is 247 Å². The summed E-state index contributed by atoms with van der Waals surface area (Å²) >= 11 is 0.